The highest BCUT2D eigenvalue weighted by atomic mass is 32.2. The van der Waals surface area contributed by atoms with E-state index in [0.29, 0.717) is 12.2 Å². The Morgan fingerprint density at radius 2 is 2.19 bits per heavy atom. The second-order valence-corrected chi connectivity index (χ2v) is 6.02. The van der Waals surface area contributed by atoms with Crippen LogP contribution >= 0.6 is 0 Å². The third-order valence-corrected chi connectivity index (χ3v) is 4.11. The zero-order valence-corrected chi connectivity index (χ0v) is 12.8. The summed E-state index contributed by atoms with van der Waals surface area (Å²) in [6.45, 7) is 4.30. The minimum absolute atomic E-state index is 0.151. The number of benzene rings is 1. The molecule has 21 heavy (non-hydrogen) atoms. The van der Waals surface area contributed by atoms with Crippen LogP contribution in [0.15, 0.2) is 23.1 Å². The lowest BCUT2D eigenvalue weighted by molar-refractivity contribution is 0.133. The molecule has 1 aromatic rings. The second-order valence-electron chi connectivity index (χ2n) is 4.33. The maximum Gasteiger partial charge on any atom is 0.243 e. The van der Waals surface area contributed by atoms with Crippen molar-refractivity contribution in [3.63, 3.8) is 0 Å². The quantitative estimate of drug-likeness (QED) is 0.762. The van der Waals surface area contributed by atoms with Gasteiger partial charge in [0.25, 0.3) is 0 Å². The number of hydrogen-bond donors (Lipinski definition) is 2. The Morgan fingerprint density at radius 1 is 1.48 bits per heavy atom. The molecule has 0 aliphatic heterocycles. The molecule has 116 valence electrons. The highest BCUT2D eigenvalue weighted by Gasteiger charge is 2.21. The first-order chi connectivity index (χ1) is 9.90. The third-order valence-electron chi connectivity index (χ3n) is 2.48. The van der Waals surface area contributed by atoms with Gasteiger partial charge in [0, 0.05) is 18.2 Å². The van der Waals surface area contributed by atoms with Gasteiger partial charge in [-0.15, -0.1) is 0 Å². The summed E-state index contributed by atoms with van der Waals surface area (Å²) in [5, 5.41) is 0. The number of nitrogens with two attached hydrogens (primary N) is 1. The third kappa shape index (κ3) is 5.44. The Hall–Kier alpha value is -1.46. The summed E-state index contributed by atoms with van der Waals surface area (Å²) in [7, 11) is -3.94. The molecule has 1 unspecified atom stereocenters. The molecule has 1 aromatic carbocycles. The van der Waals surface area contributed by atoms with Crippen LogP contribution in [0.1, 0.15) is 19.4 Å². The standard InChI is InChI=1S/C14H19FN2O3S/c1-3-20-10-11(2)17-21(18,19)14-7-6-12(5-4-8-16)9-13(14)15/h6-7,9,11,17H,3,8,10,16H2,1-2H3. The van der Waals surface area contributed by atoms with Crippen molar-refractivity contribution in [2.75, 3.05) is 19.8 Å². The fraction of sp³-hybridized carbons (Fsp3) is 0.429. The van der Waals surface area contributed by atoms with Crippen LogP contribution in [0.5, 0.6) is 0 Å². The van der Waals surface area contributed by atoms with Crippen LogP contribution in [0.2, 0.25) is 0 Å². The van der Waals surface area contributed by atoms with Gasteiger partial charge in [0.2, 0.25) is 10.0 Å². The van der Waals surface area contributed by atoms with Gasteiger partial charge < -0.3 is 10.5 Å². The van der Waals surface area contributed by atoms with Crippen LogP contribution in [0.3, 0.4) is 0 Å². The fourth-order valence-electron chi connectivity index (χ4n) is 1.61. The number of rotatable bonds is 6. The molecule has 0 spiro atoms. The summed E-state index contributed by atoms with van der Waals surface area (Å²) in [5.41, 5.74) is 5.60. The molecule has 0 aliphatic rings. The lowest BCUT2D eigenvalue weighted by atomic mass is 10.2. The molecule has 5 nitrogen and oxygen atoms in total. The van der Waals surface area contributed by atoms with E-state index >= 15 is 0 Å². The molecule has 7 heteroatoms. The summed E-state index contributed by atoms with van der Waals surface area (Å²) in [4.78, 5) is -0.413. The van der Waals surface area contributed by atoms with Gasteiger partial charge in [-0.25, -0.2) is 17.5 Å². The van der Waals surface area contributed by atoms with Gasteiger partial charge in [0.05, 0.1) is 13.2 Å². The van der Waals surface area contributed by atoms with Crippen molar-refractivity contribution in [2.45, 2.75) is 24.8 Å². The van der Waals surface area contributed by atoms with Gasteiger partial charge >= 0.3 is 0 Å². The average Bonchev–Trinajstić information content (AvgIpc) is 2.42. The van der Waals surface area contributed by atoms with Crippen molar-refractivity contribution in [2.24, 2.45) is 5.73 Å². The van der Waals surface area contributed by atoms with Gasteiger partial charge in [0.15, 0.2) is 0 Å². The molecule has 0 saturated carbocycles. The Bertz CT molecular complexity index is 635. The molecule has 0 fully saturated rings. The lowest BCUT2D eigenvalue weighted by Crippen LogP contribution is -2.36. The zero-order chi connectivity index (χ0) is 15.9. The molecular formula is C14H19FN2O3S. The molecular weight excluding hydrogens is 295 g/mol. The van der Waals surface area contributed by atoms with E-state index in [1.807, 2.05) is 6.92 Å². The molecule has 0 amide bonds. The number of halogens is 1. The first-order valence-corrected chi connectivity index (χ1v) is 7.97. The molecule has 0 heterocycles. The first-order valence-electron chi connectivity index (χ1n) is 6.49. The predicted molar refractivity (Wildman–Crippen MR) is 78.6 cm³/mol. The van der Waals surface area contributed by atoms with Crippen molar-refractivity contribution >= 4 is 10.0 Å². The van der Waals surface area contributed by atoms with Gasteiger partial charge in [-0.05, 0) is 32.0 Å². The van der Waals surface area contributed by atoms with Crippen LogP contribution in [0.25, 0.3) is 0 Å². The van der Waals surface area contributed by atoms with Crippen LogP contribution in [0, 0.1) is 17.7 Å². The zero-order valence-electron chi connectivity index (χ0n) is 12.0. The van der Waals surface area contributed by atoms with E-state index in [2.05, 4.69) is 16.6 Å². The summed E-state index contributed by atoms with van der Waals surface area (Å²) in [5.74, 6) is 4.37. The van der Waals surface area contributed by atoms with Crippen molar-refractivity contribution in [1.82, 2.24) is 4.72 Å². The molecule has 0 aliphatic carbocycles. The minimum atomic E-state index is -3.94. The Morgan fingerprint density at radius 3 is 2.76 bits per heavy atom. The van der Waals surface area contributed by atoms with E-state index < -0.39 is 26.8 Å². The molecule has 0 aromatic heterocycles. The minimum Gasteiger partial charge on any atom is -0.380 e. The van der Waals surface area contributed by atoms with E-state index in [4.69, 9.17) is 10.5 Å². The Balaban J connectivity index is 2.93. The van der Waals surface area contributed by atoms with E-state index in [1.54, 1.807) is 6.92 Å². The first kappa shape index (κ1) is 17.6. The normalized spacial score (nSPS) is 12.6. The van der Waals surface area contributed by atoms with E-state index in [0.717, 1.165) is 6.07 Å². The SMILES string of the molecule is CCOCC(C)NS(=O)(=O)c1ccc(C#CCN)cc1F. The smallest absolute Gasteiger partial charge is 0.243 e. The Labute approximate surface area is 124 Å². The molecule has 0 saturated heterocycles. The van der Waals surface area contributed by atoms with E-state index in [9.17, 15) is 12.8 Å². The van der Waals surface area contributed by atoms with E-state index in [1.165, 1.54) is 12.1 Å². The van der Waals surface area contributed by atoms with Crippen molar-refractivity contribution in [3.05, 3.63) is 29.6 Å². The van der Waals surface area contributed by atoms with Crippen LogP contribution < -0.4 is 10.5 Å². The summed E-state index contributed by atoms with van der Waals surface area (Å²) in [6, 6.07) is 3.25. The highest BCUT2D eigenvalue weighted by molar-refractivity contribution is 7.89. The fourth-order valence-corrected chi connectivity index (χ4v) is 2.89. The number of sulfonamides is 1. The van der Waals surface area contributed by atoms with Crippen molar-refractivity contribution in [3.8, 4) is 11.8 Å². The van der Waals surface area contributed by atoms with Crippen LogP contribution in [-0.2, 0) is 14.8 Å². The highest BCUT2D eigenvalue weighted by Crippen LogP contribution is 2.16. The maximum atomic E-state index is 13.9. The largest absolute Gasteiger partial charge is 0.380 e. The molecule has 0 radical (unpaired) electrons. The topological polar surface area (TPSA) is 81.4 Å². The van der Waals surface area contributed by atoms with Gasteiger partial charge in [-0.3, -0.25) is 0 Å². The van der Waals surface area contributed by atoms with Gasteiger partial charge in [-0.1, -0.05) is 11.8 Å². The number of hydrogen-bond acceptors (Lipinski definition) is 4. The van der Waals surface area contributed by atoms with E-state index in [-0.39, 0.29) is 13.2 Å². The number of ether oxygens (including phenoxy) is 1. The Kier molecular flexibility index (Phi) is 6.78. The molecule has 0 bridgehead atoms. The van der Waals surface area contributed by atoms with Gasteiger partial charge in [-0.2, -0.15) is 0 Å². The number of nitrogens with one attached hydrogen (secondary N) is 1. The molecule has 1 rings (SSSR count). The predicted octanol–water partition coefficient (Wildman–Crippen LogP) is 0.839. The lowest BCUT2D eigenvalue weighted by Gasteiger charge is -2.14. The van der Waals surface area contributed by atoms with Crippen molar-refractivity contribution in [1.29, 1.82) is 0 Å². The average molecular weight is 314 g/mol. The van der Waals surface area contributed by atoms with Gasteiger partial charge in [0.1, 0.15) is 10.7 Å². The molecule has 3 N–H and O–H groups in total. The second kappa shape index (κ2) is 8.10. The van der Waals surface area contributed by atoms with Crippen LogP contribution in [-0.4, -0.2) is 34.2 Å². The molecule has 1 atom stereocenters. The maximum absolute atomic E-state index is 13.9. The van der Waals surface area contributed by atoms with Crippen molar-refractivity contribution < 1.29 is 17.5 Å². The summed E-state index contributed by atoms with van der Waals surface area (Å²) < 4.78 is 45.6. The monoisotopic (exact) mass is 314 g/mol. The summed E-state index contributed by atoms with van der Waals surface area (Å²) in [6.07, 6.45) is 0. The summed E-state index contributed by atoms with van der Waals surface area (Å²) >= 11 is 0. The van der Waals surface area contributed by atoms with Crippen LogP contribution in [0.4, 0.5) is 4.39 Å².